The van der Waals surface area contributed by atoms with Crippen LogP contribution in [0.15, 0.2) is 36.4 Å². The molecule has 0 saturated heterocycles. The van der Waals surface area contributed by atoms with Crippen molar-refractivity contribution < 1.29 is 18.7 Å². The third-order valence-electron chi connectivity index (χ3n) is 7.19. The minimum atomic E-state index is -1.53. The van der Waals surface area contributed by atoms with E-state index in [9.17, 15) is 9.18 Å². The SMILES string of the molecule is C=O.CC.CCC(C)(C)C1Cc2cc(NC(=O)C3(c4ccc5c(c4)NC(F)O5)CC3)ccc2N1. The molecule has 2 atom stereocenters. The zero-order chi connectivity index (χ0) is 25.1. The van der Waals surface area contributed by atoms with Crippen LogP contribution in [0.5, 0.6) is 5.75 Å². The second-order valence-corrected chi connectivity index (χ2v) is 9.44. The van der Waals surface area contributed by atoms with Crippen LogP contribution in [-0.2, 0) is 21.4 Å². The molecule has 3 aliphatic rings. The normalized spacial score (nSPS) is 20.5. The Kier molecular flexibility index (Phi) is 7.54. The summed E-state index contributed by atoms with van der Waals surface area (Å²) >= 11 is 0. The standard InChI is InChI=1S/C24H28FN3O2.C2H6.CH2O/c1-4-23(2,3)20-12-14-11-16(6-7-17(14)27-20)26-21(29)24(9-10-24)15-5-8-19-18(13-15)28-22(25)30-19;2*1-2/h5-8,11,13,20,22,27-28H,4,9-10,12H2,1-3H3,(H,26,29);1-2H3;1H2. The first-order valence-electron chi connectivity index (χ1n) is 12.0. The highest BCUT2D eigenvalue weighted by Gasteiger charge is 2.51. The van der Waals surface area contributed by atoms with Crippen LogP contribution in [0.1, 0.15) is 65.0 Å². The molecule has 1 aliphatic carbocycles. The molecule has 2 aromatic carbocycles. The molecule has 2 unspecified atom stereocenters. The van der Waals surface area contributed by atoms with E-state index in [4.69, 9.17) is 9.53 Å². The lowest BCUT2D eigenvalue weighted by molar-refractivity contribution is -0.118. The van der Waals surface area contributed by atoms with Crippen molar-refractivity contribution in [2.45, 2.75) is 78.2 Å². The largest absolute Gasteiger partial charge is 0.441 e. The first-order valence-corrected chi connectivity index (χ1v) is 12.0. The van der Waals surface area contributed by atoms with Crippen molar-refractivity contribution in [1.29, 1.82) is 0 Å². The summed E-state index contributed by atoms with van der Waals surface area (Å²) in [5.41, 5.74) is 4.40. The van der Waals surface area contributed by atoms with Gasteiger partial charge in [-0.2, -0.15) is 4.39 Å². The number of halogens is 1. The fraction of sp³-hybridized carbons (Fsp3) is 0.481. The Morgan fingerprint density at radius 1 is 1.15 bits per heavy atom. The minimum absolute atomic E-state index is 0.00509. The maximum absolute atomic E-state index is 13.4. The van der Waals surface area contributed by atoms with Gasteiger partial charge in [0.25, 0.3) is 0 Å². The van der Waals surface area contributed by atoms with Crippen molar-refractivity contribution >= 4 is 29.8 Å². The molecular formula is C27H36FN3O3. The van der Waals surface area contributed by atoms with Crippen molar-refractivity contribution in [2.75, 3.05) is 16.0 Å². The predicted molar refractivity (Wildman–Crippen MR) is 135 cm³/mol. The number of amides is 1. The predicted octanol–water partition coefficient (Wildman–Crippen LogP) is 6.03. The highest BCUT2D eigenvalue weighted by Crippen LogP contribution is 2.51. The third-order valence-corrected chi connectivity index (χ3v) is 7.19. The monoisotopic (exact) mass is 469 g/mol. The Bertz CT molecular complexity index is 1040. The van der Waals surface area contributed by atoms with Gasteiger partial charge in [-0.3, -0.25) is 4.79 Å². The van der Waals surface area contributed by atoms with Gasteiger partial charge in [0.15, 0.2) is 0 Å². The topological polar surface area (TPSA) is 79.5 Å². The molecule has 1 amide bonds. The van der Waals surface area contributed by atoms with Crippen LogP contribution in [0, 0.1) is 5.41 Å². The average Bonchev–Trinajstić information content (AvgIpc) is 3.41. The number of carbonyl (C=O) groups is 2. The number of hydrogen-bond donors (Lipinski definition) is 3. The molecule has 184 valence electrons. The smallest absolute Gasteiger partial charge is 0.318 e. The molecule has 0 spiro atoms. The van der Waals surface area contributed by atoms with Gasteiger partial charge < -0.3 is 25.5 Å². The van der Waals surface area contributed by atoms with Crippen LogP contribution in [0.4, 0.5) is 21.5 Å². The molecule has 0 aromatic heterocycles. The second-order valence-electron chi connectivity index (χ2n) is 9.44. The number of fused-ring (bicyclic) bond motifs is 2. The molecule has 1 saturated carbocycles. The van der Waals surface area contributed by atoms with Crippen LogP contribution >= 0.6 is 0 Å². The minimum Gasteiger partial charge on any atom is -0.441 e. The molecule has 34 heavy (non-hydrogen) atoms. The summed E-state index contributed by atoms with van der Waals surface area (Å²) in [6, 6.07) is 12.0. The van der Waals surface area contributed by atoms with Crippen molar-refractivity contribution in [2.24, 2.45) is 5.41 Å². The van der Waals surface area contributed by atoms with Crippen LogP contribution in [0.2, 0.25) is 0 Å². The number of rotatable bonds is 5. The van der Waals surface area contributed by atoms with Gasteiger partial charge in [-0.05, 0) is 72.6 Å². The molecule has 6 nitrogen and oxygen atoms in total. The van der Waals surface area contributed by atoms with Gasteiger partial charge in [0.05, 0.1) is 11.1 Å². The first kappa shape index (κ1) is 25.5. The summed E-state index contributed by atoms with van der Waals surface area (Å²) in [4.78, 5) is 21.2. The zero-order valence-corrected chi connectivity index (χ0v) is 20.8. The number of carbonyl (C=O) groups excluding carboxylic acids is 2. The number of hydrogen-bond acceptors (Lipinski definition) is 5. The molecule has 7 heteroatoms. The van der Waals surface area contributed by atoms with E-state index in [0.717, 1.165) is 42.6 Å². The van der Waals surface area contributed by atoms with Crippen LogP contribution in [-0.4, -0.2) is 25.2 Å². The summed E-state index contributed by atoms with van der Waals surface area (Å²) < 4.78 is 18.5. The highest BCUT2D eigenvalue weighted by atomic mass is 19.1. The molecule has 2 aromatic rings. The molecule has 2 heterocycles. The van der Waals surface area contributed by atoms with E-state index >= 15 is 0 Å². The van der Waals surface area contributed by atoms with Gasteiger partial charge in [-0.25, -0.2) is 0 Å². The molecule has 0 bridgehead atoms. The van der Waals surface area contributed by atoms with Gasteiger partial charge in [-0.15, -0.1) is 0 Å². The van der Waals surface area contributed by atoms with E-state index in [1.165, 1.54) is 5.56 Å². The second kappa shape index (κ2) is 10.0. The molecule has 0 radical (unpaired) electrons. The lowest BCUT2D eigenvalue weighted by Crippen LogP contribution is -2.33. The van der Waals surface area contributed by atoms with Crippen molar-refractivity contribution in [3.63, 3.8) is 0 Å². The molecule has 5 rings (SSSR count). The van der Waals surface area contributed by atoms with Crippen molar-refractivity contribution in [3.8, 4) is 5.75 Å². The molecule has 2 aliphatic heterocycles. The van der Waals surface area contributed by atoms with Crippen molar-refractivity contribution in [3.05, 3.63) is 47.5 Å². The lowest BCUT2D eigenvalue weighted by atomic mass is 9.80. The fourth-order valence-electron chi connectivity index (χ4n) is 4.49. The lowest BCUT2D eigenvalue weighted by Gasteiger charge is -2.30. The summed E-state index contributed by atoms with van der Waals surface area (Å²) in [6.45, 7) is 11.3. The van der Waals surface area contributed by atoms with E-state index < -0.39 is 11.9 Å². The van der Waals surface area contributed by atoms with Crippen LogP contribution in [0.3, 0.4) is 0 Å². The number of alkyl halides is 1. The van der Waals surface area contributed by atoms with Crippen LogP contribution < -0.4 is 20.7 Å². The van der Waals surface area contributed by atoms with Gasteiger partial charge in [0.2, 0.25) is 5.91 Å². The van der Waals surface area contributed by atoms with Gasteiger partial charge in [0.1, 0.15) is 12.5 Å². The average molecular weight is 470 g/mol. The molecule has 3 N–H and O–H groups in total. The number of anilines is 3. The molecular weight excluding hydrogens is 433 g/mol. The van der Waals surface area contributed by atoms with E-state index in [1.54, 1.807) is 6.07 Å². The van der Waals surface area contributed by atoms with Gasteiger partial charge in [-0.1, -0.05) is 40.7 Å². The summed E-state index contributed by atoms with van der Waals surface area (Å²) in [6.07, 6.45) is 3.65. The zero-order valence-electron chi connectivity index (χ0n) is 20.8. The highest BCUT2D eigenvalue weighted by molar-refractivity contribution is 6.02. The van der Waals surface area contributed by atoms with E-state index in [2.05, 4.69) is 48.9 Å². The van der Waals surface area contributed by atoms with E-state index in [-0.39, 0.29) is 11.3 Å². The Hall–Kier alpha value is -3.09. The Morgan fingerprint density at radius 2 is 1.85 bits per heavy atom. The first-order chi connectivity index (χ1) is 16.3. The Balaban J connectivity index is 0.000000771. The number of benzene rings is 2. The Labute approximate surface area is 201 Å². The van der Waals surface area contributed by atoms with E-state index in [0.29, 0.717) is 17.5 Å². The van der Waals surface area contributed by atoms with E-state index in [1.807, 2.05) is 38.8 Å². The molecule has 1 fully saturated rings. The summed E-state index contributed by atoms with van der Waals surface area (Å²) in [5.74, 6) is 0.479. The van der Waals surface area contributed by atoms with Crippen molar-refractivity contribution in [1.82, 2.24) is 0 Å². The van der Waals surface area contributed by atoms with Gasteiger partial charge >= 0.3 is 6.48 Å². The third kappa shape index (κ3) is 4.74. The Morgan fingerprint density at radius 3 is 2.50 bits per heavy atom. The summed E-state index contributed by atoms with van der Waals surface area (Å²) in [7, 11) is 0. The maximum Gasteiger partial charge on any atom is 0.318 e. The quantitative estimate of drug-likeness (QED) is 0.466. The maximum atomic E-state index is 13.4. The fourth-order valence-corrected chi connectivity index (χ4v) is 4.49. The van der Waals surface area contributed by atoms with Crippen LogP contribution in [0.25, 0.3) is 0 Å². The number of ether oxygens (including phenoxy) is 1. The number of nitrogens with one attached hydrogen (secondary N) is 3. The van der Waals surface area contributed by atoms with Gasteiger partial charge in [0, 0.05) is 17.4 Å². The summed E-state index contributed by atoms with van der Waals surface area (Å²) in [5, 5.41) is 9.41.